The van der Waals surface area contributed by atoms with Crippen LogP contribution in [-0.4, -0.2) is 44.4 Å². The summed E-state index contributed by atoms with van der Waals surface area (Å²) in [5.74, 6) is -3.12. The van der Waals surface area contributed by atoms with Crippen molar-refractivity contribution in [1.29, 1.82) is 0 Å². The van der Waals surface area contributed by atoms with E-state index in [9.17, 15) is 24.6 Å². The molecule has 0 aromatic carbocycles. The van der Waals surface area contributed by atoms with E-state index in [0.29, 0.717) is 12.8 Å². The molecule has 3 atom stereocenters. The van der Waals surface area contributed by atoms with E-state index in [1.165, 1.54) is 23.9 Å². The fourth-order valence-electron chi connectivity index (χ4n) is 5.11. The summed E-state index contributed by atoms with van der Waals surface area (Å²) >= 11 is 0. The Morgan fingerprint density at radius 1 is 1.16 bits per heavy atom. The zero-order chi connectivity index (χ0) is 27.5. The SMILES string of the molecule is C=C[C@@]1(c2ccc[nH]2)C=CC=CC1.CC1C(C(=O)O)=CC=CC1(C(=O)O)C1(NC(=O)OC(C)(C)C)CC1. The van der Waals surface area contributed by atoms with Crippen LogP contribution in [0.4, 0.5) is 4.79 Å². The van der Waals surface area contributed by atoms with Crippen molar-refractivity contribution in [3.8, 4) is 0 Å². The zero-order valence-electron chi connectivity index (χ0n) is 21.8. The molecule has 4 rings (SSSR count). The predicted octanol–water partition coefficient (Wildman–Crippen LogP) is 5.29. The molecule has 1 aromatic rings. The molecule has 1 heterocycles. The van der Waals surface area contributed by atoms with Crippen LogP contribution in [0.2, 0.25) is 0 Å². The number of allylic oxidation sites excluding steroid dienone is 7. The van der Waals surface area contributed by atoms with Gasteiger partial charge in [0.2, 0.25) is 0 Å². The van der Waals surface area contributed by atoms with Gasteiger partial charge in [-0.2, -0.15) is 0 Å². The third-order valence-corrected chi connectivity index (χ3v) is 7.23. The lowest BCUT2D eigenvalue weighted by atomic mass is 9.63. The first-order chi connectivity index (χ1) is 17.3. The van der Waals surface area contributed by atoms with Crippen LogP contribution in [0.25, 0.3) is 0 Å². The zero-order valence-corrected chi connectivity index (χ0v) is 21.8. The number of nitrogens with one attached hydrogen (secondary N) is 2. The minimum atomic E-state index is -1.52. The van der Waals surface area contributed by atoms with Gasteiger partial charge in [-0.05, 0) is 52.2 Å². The lowest BCUT2D eigenvalue weighted by molar-refractivity contribution is -0.151. The largest absolute Gasteiger partial charge is 0.481 e. The number of hydrogen-bond acceptors (Lipinski definition) is 4. The van der Waals surface area contributed by atoms with Crippen LogP contribution < -0.4 is 5.32 Å². The van der Waals surface area contributed by atoms with Crippen LogP contribution in [0.5, 0.6) is 0 Å². The highest BCUT2D eigenvalue weighted by atomic mass is 16.6. The Hall–Kier alpha value is -3.81. The molecule has 1 aromatic heterocycles. The molecule has 8 nitrogen and oxygen atoms in total. The second-order valence-electron chi connectivity index (χ2n) is 10.7. The molecule has 1 fully saturated rings. The maximum Gasteiger partial charge on any atom is 0.408 e. The summed E-state index contributed by atoms with van der Waals surface area (Å²) in [4.78, 5) is 39.0. The number of amides is 1. The highest BCUT2D eigenvalue weighted by Crippen LogP contribution is 2.57. The predicted molar refractivity (Wildman–Crippen MR) is 141 cm³/mol. The first kappa shape index (κ1) is 27.8. The molecule has 2 unspecified atom stereocenters. The fourth-order valence-corrected chi connectivity index (χ4v) is 5.11. The summed E-state index contributed by atoms with van der Waals surface area (Å²) in [6, 6.07) is 4.12. The van der Waals surface area contributed by atoms with E-state index >= 15 is 0 Å². The summed E-state index contributed by atoms with van der Waals surface area (Å²) in [5.41, 5.74) is -2.08. The van der Waals surface area contributed by atoms with Gasteiger partial charge in [-0.1, -0.05) is 55.5 Å². The van der Waals surface area contributed by atoms with Crippen molar-refractivity contribution in [1.82, 2.24) is 10.3 Å². The molecule has 0 saturated heterocycles. The van der Waals surface area contributed by atoms with Crippen molar-refractivity contribution < 1.29 is 29.3 Å². The minimum Gasteiger partial charge on any atom is -0.481 e. The Kier molecular flexibility index (Phi) is 7.72. The molecular weight excluding hydrogens is 472 g/mol. The third-order valence-electron chi connectivity index (χ3n) is 7.23. The van der Waals surface area contributed by atoms with Crippen LogP contribution >= 0.6 is 0 Å². The Morgan fingerprint density at radius 3 is 2.32 bits per heavy atom. The standard InChI is InChI=1S/C17H23NO6.C12H13N/c1-10-11(12(19)20)6-5-7-17(10,13(21)22)16(8-9-16)18-14(23)24-15(2,3)4;1-2-12(8-4-3-5-9-12)11-7-6-10-13-11/h5-7,10H,8-9H2,1-4H3,(H,18,23)(H,19,20)(H,21,22);2-8,10,13H,1,9H2/t;12-/m.1/s1. The highest BCUT2D eigenvalue weighted by Gasteiger charge is 2.67. The number of aromatic amines is 1. The van der Waals surface area contributed by atoms with Gasteiger partial charge >= 0.3 is 18.0 Å². The number of rotatable bonds is 6. The van der Waals surface area contributed by atoms with Crippen LogP contribution in [0, 0.1) is 11.3 Å². The molecule has 0 bridgehead atoms. The van der Waals surface area contributed by atoms with Crippen LogP contribution in [0.15, 0.2) is 79.1 Å². The molecule has 0 radical (unpaired) electrons. The van der Waals surface area contributed by atoms with Crippen molar-refractivity contribution in [2.45, 2.75) is 63.5 Å². The molecule has 0 spiro atoms. The first-order valence-corrected chi connectivity index (χ1v) is 12.3. The molecule has 4 N–H and O–H groups in total. The van der Waals surface area contributed by atoms with Gasteiger partial charge in [0.15, 0.2) is 0 Å². The molecule has 1 saturated carbocycles. The monoisotopic (exact) mass is 508 g/mol. The number of carbonyl (C=O) groups excluding carboxylic acids is 1. The van der Waals surface area contributed by atoms with E-state index in [4.69, 9.17) is 4.74 Å². The lowest BCUT2D eigenvalue weighted by Gasteiger charge is -2.42. The average molecular weight is 509 g/mol. The number of H-pyrrole nitrogens is 1. The molecule has 3 aliphatic carbocycles. The number of aromatic nitrogens is 1. The molecule has 3 aliphatic rings. The van der Waals surface area contributed by atoms with Gasteiger partial charge in [0.05, 0.1) is 5.54 Å². The smallest absolute Gasteiger partial charge is 0.408 e. The first-order valence-electron chi connectivity index (χ1n) is 12.3. The Bertz CT molecular complexity index is 1160. The van der Waals surface area contributed by atoms with E-state index in [1.54, 1.807) is 27.7 Å². The molecule has 1 amide bonds. The second kappa shape index (κ2) is 10.3. The fraction of sp³-hybridized carbons (Fsp3) is 0.414. The molecule has 0 aliphatic heterocycles. The van der Waals surface area contributed by atoms with E-state index in [1.807, 2.05) is 18.3 Å². The van der Waals surface area contributed by atoms with Crippen molar-refractivity contribution in [2.24, 2.45) is 11.3 Å². The number of carboxylic acids is 2. The van der Waals surface area contributed by atoms with Crippen molar-refractivity contribution in [3.63, 3.8) is 0 Å². The highest BCUT2D eigenvalue weighted by molar-refractivity contribution is 5.92. The van der Waals surface area contributed by atoms with E-state index in [0.717, 1.165) is 6.42 Å². The summed E-state index contributed by atoms with van der Waals surface area (Å²) < 4.78 is 5.24. The van der Waals surface area contributed by atoms with Crippen molar-refractivity contribution in [2.75, 3.05) is 0 Å². The number of alkyl carbamates (subject to hydrolysis) is 1. The normalized spacial score (nSPS) is 27.2. The molecule has 8 heteroatoms. The van der Waals surface area contributed by atoms with E-state index in [2.05, 4.69) is 47.3 Å². The van der Waals surface area contributed by atoms with Crippen molar-refractivity contribution >= 4 is 18.0 Å². The quantitative estimate of drug-likeness (QED) is 0.387. The Morgan fingerprint density at radius 2 is 1.86 bits per heavy atom. The number of ether oxygens (including phenoxy) is 1. The lowest BCUT2D eigenvalue weighted by Crippen LogP contribution is -2.58. The van der Waals surface area contributed by atoms with Crippen LogP contribution in [0.1, 0.15) is 52.7 Å². The third kappa shape index (κ3) is 5.48. The minimum absolute atomic E-state index is 0.0113. The number of carbonyl (C=O) groups is 3. The van der Waals surface area contributed by atoms with Gasteiger partial charge in [-0.15, -0.1) is 6.58 Å². The summed E-state index contributed by atoms with van der Waals surface area (Å²) in [6.07, 6.45) is 18.0. The van der Waals surface area contributed by atoms with Gasteiger partial charge in [0, 0.05) is 28.8 Å². The molecule has 198 valence electrons. The Balaban J connectivity index is 0.000000244. The van der Waals surface area contributed by atoms with Gasteiger partial charge in [0.25, 0.3) is 0 Å². The van der Waals surface area contributed by atoms with Gasteiger partial charge in [0.1, 0.15) is 11.0 Å². The maximum absolute atomic E-state index is 12.2. The average Bonchev–Trinajstić information content (AvgIpc) is 3.38. The summed E-state index contributed by atoms with van der Waals surface area (Å²) in [7, 11) is 0. The van der Waals surface area contributed by atoms with Crippen LogP contribution in [0.3, 0.4) is 0 Å². The Labute approximate surface area is 217 Å². The molecule has 37 heavy (non-hydrogen) atoms. The van der Waals surface area contributed by atoms with E-state index in [-0.39, 0.29) is 11.0 Å². The number of aliphatic carboxylic acids is 2. The number of carboxylic acid groups (broad SMARTS) is 2. The van der Waals surface area contributed by atoms with Crippen LogP contribution in [-0.2, 0) is 19.7 Å². The van der Waals surface area contributed by atoms with Gasteiger partial charge in [-0.25, -0.2) is 9.59 Å². The van der Waals surface area contributed by atoms with Gasteiger partial charge < -0.3 is 25.3 Å². The van der Waals surface area contributed by atoms with Crippen molar-refractivity contribution in [3.05, 3.63) is 84.8 Å². The van der Waals surface area contributed by atoms with E-state index < -0.39 is 40.5 Å². The summed E-state index contributed by atoms with van der Waals surface area (Å²) in [6.45, 7) is 10.6. The summed E-state index contributed by atoms with van der Waals surface area (Å²) in [5, 5.41) is 21.9. The number of hydrogen-bond donors (Lipinski definition) is 4. The second-order valence-corrected chi connectivity index (χ2v) is 10.7. The van der Waals surface area contributed by atoms with Gasteiger partial charge in [-0.3, -0.25) is 4.79 Å². The molecular formula is C29H36N2O6. The topological polar surface area (TPSA) is 129 Å². The maximum atomic E-state index is 12.2.